The van der Waals surface area contributed by atoms with Crippen molar-refractivity contribution in [3.63, 3.8) is 0 Å². The summed E-state index contributed by atoms with van der Waals surface area (Å²) in [4.78, 5) is 38.7. The molecule has 0 aromatic heterocycles. The lowest BCUT2D eigenvalue weighted by atomic mass is 9.98. The number of hydrogen-bond acceptors (Lipinski definition) is 5. The van der Waals surface area contributed by atoms with Crippen LogP contribution in [0.15, 0.2) is 48.5 Å². The number of alkyl carbamates (subject to hydrolysis) is 1. The molecule has 1 unspecified atom stereocenters. The van der Waals surface area contributed by atoms with E-state index >= 15 is 0 Å². The number of methoxy groups -OCH3 is 1. The van der Waals surface area contributed by atoms with Crippen LogP contribution in [-0.4, -0.2) is 66.4 Å². The molecule has 1 aliphatic carbocycles. The van der Waals surface area contributed by atoms with Gasteiger partial charge in [-0.15, -0.1) is 0 Å². The number of nitrogens with zero attached hydrogens (tertiary/aromatic N) is 1. The minimum absolute atomic E-state index is 0.00652. The molecule has 2 aromatic carbocycles. The largest absolute Gasteiger partial charge is 0.479 e. The fourth-order valence-electron chi connectivity index (χ4n) is 4.99. The quantitative estimate of drug-likeness (QED) is 0.598. The molecule has 35 heavy (non-hydrogen) atoms. The predicted molar refractivity (Wildman–Crippen MR) is 130 cm³/mol. The number of carboxylic acid groups (broad SMARTS) is 1. The molecule has 0 spiro atoms. The zero-order valence-electron chi connectivity index (χ0n) is 20.3. The molecular formula is C27H32N2O6. The molecule has 186 valence electrons. The Morgan fingerprint density at radius 1 is 1.09 bits per heavy atom. The van der Waals surface area contributed by atoms with Gasteiger partial charge in [-0.05, 0) is 28.2 Å². The summed E-state index contributed by atoms with van der Waals surface area (Å²) < 4.78 is 10.8. The molecule has 8 nitrogen and oxygen atoms in total. The number of carbonyl (C=O) groups is 3. The van der Waals surface area contributed by atoms with E-state index in [9.17, 15) is 19.5 Å². The number of rotatable bonds is 8. The van der Waals surface area contributed by atoms with Crippen LogP contribution in [0.1, 0.15) is 43.7 Å². The Morgan fingerprint density at radius 2 is 1.69 bits per heavy atom. The Hall–Kier alpha value is -3.39. The van der Waals surface area contributed by atoms with Gasteiger partial charge in [0.1, 0.15) is 6.61 Å². The number of nitrogens with one attached hydrogen (secondary N) is 1. The van der Waals surface area contributed by atoms with Gasteiger partial charge in [0.15, 0.2) is 5.60 Å². The predicted octanol–water partition coefficient (Wildman–Crippen LogP) is 3.64. The van der Waals surface area contributed by atoms with Crippen molar-refractivity contribution >= 4 is 18.0 Å². The monoisotopic (exact) mass is 480 g/mol. The van der Waals surface area contributed by atoms with Crippen LogP contribution in [0.3, 0.4) is 0 Å². The van der Waals surface area contributed by atoms with E-state index in [2.05, 4.69) is 29.6 Å². The minimum Gasteiger partial charge on any atom is -0.479 e. The summed E-state index contributed by atoms with van der Waals surface area (Å²) in [5.74, 6) is -1.36. The zero-order valence-corrected chi connectivity index (χ0v) is 20.3. The van der Waals surface area contributed by atoms with Crippen molar-refractivity contribution in [2.45, 2.75) is 44.2 Å². The van der Waals surface area contributed by atoms with Crippen LogP contribution < -0.4 is 5.32 Å². The second-order valence-corrected chi connectivity index (χ2v) is 9.59. The van der Waals surface area contributed by atoms with E-state index in [1.165, 1.54) is 12.0 Å². The lowest BCUT2D eigenvalue weighted by Gasteiger charge is -2.26. The van der Waals surface area contributed by atoms with Crippen molar-refractivity contribution in [1.29, 1.82) is 0 Å². The molecule has 2 aliphatic rings. The summed E-state index contributed by atoms with van der Waals surface area (Å²) in [6.45, 7) is 4.33. The lowest BCUT2D eigenvalue weighted by Crippen LogP contribution is -2.46. The molecule has 0 radical (unpaired) electrons. The van der Waals surface area contributed by atoms with E-state index in [1.807, 2.05) is 38.1 Å². The first kappa shape index (κ1) is 24.7. The van der Waals surface area contributed by atoms with Gasteiger partial charge in [-0.1, -0.05) is 62.4 Å². The fourth-order valence-corrected chi connectivity index (χ4v) is 4.99. The van der Waals surface area contributed by atoms with Crippen LogP contribution in [0.5, 0.6) is 0 Å². The van der Waals surface area contributed by atoms with E-state index in [4.69, 9.17) is 9.47 Å². The molecule has 0 saturated carbocycles. The van der Waals surface area contributed by atoms with Crippen molar-refractivity contribution < 1.29 is 29.0 Å². The second-order valence-electron chi connectivity index (χ2n) is 9.59. The zero-order chi connectivity index (χ0) is 25.2. The Labute approximate surface area is 205 Å². The maximum Gasteiger partial charge on any atom is 0.407 e. The smallest absolute Gasteiger partial charge is 0.407 e. The normalized spacial score (nSPS) is 19.8. The van der Waals surface area contributed by atoms with Crippen LogP contribution in [-0.2, 0) is 19.1 Å². The molecular weight excluding hydrogens is 448 g/mol. The van der Waals surface area contributed by atoms with Crippen LogP contribution in [0.2, 0.25) is 0 Å². The number of aliphatic carboxylic acids is 1. The summed E-state index contributed by atoms with van der Waals surface area (Å²) in [5.41, 5.74) is 3.20. The van der Waals surface area contributed by atoms with Crippen LogP contribution >= 0.6 is 0 Å². The van der Waals surface area contributed by atoms with E-state index in [-0.39, 0.29) is 43.7 Å². The summed E-state index contributed by atoms with van der Waals surface area (Å²) in [7, 11) is 1.34. The molecule has 1 saturated heterocycles. The highest BCUT2D eigenvalue weighted by molar-refractivity contribution is 5.83. The fraction of sp³-hybridized carbons (Fsp3) is 0.444. The van der Waals surface area contributed by atoms with Crippen molar-refractivity contribution in [3.8, 4) is 11.1 Å². The van der Waals surface area contributed by atoms with Gasteiger partial charge in [-0.2, -0.15) is 0 Å². The van der Waals surface area contributed by atoms with Crippen LogP contribution in [0.25, 0.3) is 11.1 Å². The van der Waals surface area contributed by atoms with Gasteiger partial charge in [-0.3, -0.25) is 4.79 Å². The number of ether oxygens (including phenoxy) is 2. The second kappa shape index (κ2) is 10.1. The standard InChI is InChI=1S/C27H32N2O6/c1-17(2)23(14-24(30)29-13-12-27(16-29,34-3)25(31)32)28-26(33)35-15-22-20-10-6-4-8-18(20)19-9-5-7-11-21(19)22/h4-11,17,22-23H,12-16H2,1-3H3,(H,28,33)(H,31,32)/t23-,27?/m1/s1. The molecule has 2 N–H and O–H groups in total. The molecule has 1 aliphatic heterocycles. The Kier molecular flexibility index (Phi) is 7.12. The van der Waals surface area contributed by atoms with Crippen molar-refractivity contribution in [2.75, 3.05) is 26.8 Å². The average Bonchev–Trinajstić information content (AvgIpc) is 3.43. The number of hydrogen-bond donors (Lipinski definition) is 2. The Morgan fingerprint density at radius 3 is 2.20 bits per heavy atom. The first-order valence-corrected chi connectivity index (χ1v) is 11.9. The van der Waals surface area contributed by atoms with E-state index < -0.39 is 23.7 Å². The first-order valence-electron chi connectivity index (χ1n) is 11.9. The number of carbonyl (C=O) groups excluding carboxylic acids is 2. The van der Waals surface area contributed by atoms with Gasteiger partial charge in [-0.25, -0.2) is 9.59 Å². The highest BCUT2D eigenvalue weighted by Crippen LogP contribution is 2.44. The number of carboxylic acids is 1. The maximum absolute atomic E-state index is 12.9. The maximum atomic E-state index is 12.9. The van der Waals surface area contributed by atoms with E-state index in [1.54, 1.807) is 0 Å². The van der Waals surface area contributed by atoms with Crippen molar-refractivity contribution in [2.24, 2.45) is 5.92 Å². The highest BCUT2D eigenvalue weighted by atomic mass is 16.5. The van der Waals surface area contributed by atoms with Crippen LogP contribution in [0.4, 0.5) is 4.79 Å². The molecule has 1 fully saturated rings. The third-order valence-corrected chi connectivity index (χ3v) is 7.21. The van der Waals surface area contributed by atoms with Crippen molar-refractivity contribution in [3.05, 3.63) is 59.7 Å². The summed E-state index contributed by atoms with van der Waals surface area (Å²) in [6, 6.07) is 15.8. The lowest BCUT2D eigenvalue weighted by molar-refractivity contribution is -0.161. The first-order chi connectivity index (χ1) is 16.8. The van der Waals surface area contributed by atoms with Gasteiger partial charge in [0.25, 0.3) is 0 Å². The molecule has 0 bridgehead atoms. The third-order valence-electron chi connectivity index (χ3n) is 7.21. The summed E-state index contributed by atoms with van der Waals surface area (Å²) in [5, 5.41) is 12.3. The van der Waals surface area contributed by atoms with Crippen molar-refractivity contribution in [1.82, 2.24) is 10.2 Å². The molecule has 4 rings (SSSR count). The van der Waals surface area contributed by atoms with E-state index in [0.717, 1.165) is 22.3 Å². The number of benzene rings is 2. The van der Waals surface area contributed by atoms with E-state index in [0.29, 0.717) is 6.54 Å². The summed E-state index contributed by atoms with van der Waals surface area (Å²) in [6.07, 6.45) is -0.283. The third kappa shape index (κ3) is 4.89. The Balaban J connectivity index is 1.36. The van der Waals surface area contributed by atoms with Gasteiger partial charge in [0.2, 0.25) is 5.91 Å². The SMILES string of the molecule is COC1(C(=O)O)CCN(C(=O)C[C@@H](NC(=O)OCC2c3ccccc3-c3ccccc32)C(C)C)C1. The Bertz CT molecular complexity index is 1070. The molecule has 2 atom stereocenters. The minimum atomic E-state index is -1.37. The van der Waals surface area contributed by atoms with Crippen LogP contribution in [0, 0.1) is 5.92 Å². The molecule has 8 heteroatoms. The average molecular weight is 481 g/mol. The van der Waals surface area contributed by atoms with Gasteiger partial charge < -0.3 is 24.8 Å². The number of likely N-dealkylation sites (tertiary alicyclic amines) is 1. The summed E-state index contributed by atoms with van der Waals surface area (Å²) >= 11 is 0. The van der Waals surface area contributed by atoms with Gasteiger partial charge >= 0.3 is 12.1 Å². The number of fused-ring (bicyclic) bond motifs is 3. The number of amides is 2. The topological polar surface area (TPSA) is 105 Å². The van der Waals surface area contributed by atoms with Gasteiger partial charge in [0.05, 0.1) is 6.54 Å². The highest BCUT2D eigenvalue weighted by Gasteiger charge is 2.47. The molecule has 2 amide bonds. The molecule has 1 heterocycles. The van der Waals surface area contributed by atoms with Gasteiger partial charge in [0, 0.05) is 38.5 Å². The molecule has 2 aromatic rings.